The third-order valence-electron chi connectivity index (χ3n) is 4.54. The Morgan fingerprint density at radius 3 is 2.45 bits per heavy atom. The summed E-state index contributed by atoms with van der Waals surface area (Å²) in [5.74, 6) is -0.168. The van der Waals surface area contributed by atoms with Gasteiger partial charge in [0.15, 0.2) is 0 Å². The van der Waals surface area contributed by atoms with E-state index in [9.17, 15) is 4.79 Å². The van der Waals surface area contributed by atoms with Crippen LogP contribution >= 0.6 is 22.6 Å². The molecule has 1 amide bonds. The fourth-order valence-electron chi connectivity index (χ4n) is 3.07. The van der Waals surface area contributed by atoms with Gasteiger partial charge in [0.05, 0.1) is 28.6 Å². The van der Waals surface area contributed by atoms with E-state index in [4.69, 9.17) is 0 Å². The number of anilines is 2. The van der Waals surface area contributed by atoms with Gasteiger partial charge in [0.2, 0.25) is 0 Å². The molecule has 3 aromatic rings. The number of halogens is 1. The average molecular weight is 500 g/mol. The molecule has 2 N–H and O–H groups in total. The number of rotatable bonds is 7. The highest BCUT2D eigenvalue weighted by molar-refractivity contribution is 14.1. The minimum absolute atomic E-state index is 0.168. The Morgan fingerprint density at radius 1 is 1.07 bits per heavy atom. The van der Waals surface area contributed by atoms with Gasteiger partial charge in [0, 0.05) is 25.4 Å². The Kier molecular flexibility index (Phi) is 7.86. The molecular formula is C23H25IN4O. The Balaban J connectivity index is 1.93. The predicted octanol–water partition coefficient (Wildman–Crippen LogP) is 5.59. The first-order valence-corrected chi connectivity index (χ1v) is 11.2. The summed E-state index contributed by atoms with van der Waals surface area (Å²) in [4.78, 5) is 22.9. The number of pyridine rings is 1. The van der Waals surface area contributed by atoms with Gasteiger partial charge in [0.1, 0.15) is 0 Å². The molecule has 0 aliphatic rings. The van der Waals surface area contributed by atoms with Gasteiger partial charge in [0.25, 0.3) is 5.91 Å². The van der Waals surface area contributed by atoms with Crippen LogP contribution in [-0.2, 0) is 0 Å². The lowest BCUT2D eigenvalue weighted by Crippen LogP contribution is -2.22. The molecule has 0 fully saturated rings. The maximum atomic E-state index is 13.0. The number of H-pyrrole nitrogens is 1. The van der Waals surface area contributed by atoms with E-state index >= 15 is 0 Å². The van der Waals surface area contributed by atoms with E-state index in [1.54, 1.807) is 18.3 Å². The molecule has 0 aliphatic heterocycles. The summed E-state index contributed by atoms with van der Waals surface area (Å²) in [5, 5.41) is 3.06. The topological polar surface area (TPSA) is 61.0 Å². The summed E-state index contributed by atoms with van der Waals surface area (Å²) >= 11 is 2.40. The zero-order valence-electron chi connectivity index (χ0n) is 16.4. The van der Waals surface area contributed by atoms with E-state index in [2.05, 4.69) is 49.8 Å². The first-order valence-electron chi connectivity index (χ1n) is 9.63. The van der Waals surface area contributed by atoms with Crippen molar-refractivity contribution < 1.29 is 4.79 Å². The number of aromatic nitrogens is 2. The summed E-state index contributed by atoms with van der Waals surface area (Å²) in [5.41, 5.74) is 4.06. The van der Waals surface area contributed by atoms with Crippen molar-refractivity contribution in [3.05, 3.63) is 78.6 Å². The first-order chi connectivity index (χ1) is 14.2. The van der Waals surface area contributed by atoms with E-state index in [0.29, 0.717) is 11.3 Å². The van der Waals surface area contributed by atoms with Gasteiger partial charge in [-0.05, 0) is 35.5 Å². The lowest BCUT2D eigenvalue weighted by Gasteiger charge is -2.23. The molecule has 0 radical (unpaired) electrons. The Labute approximate surface area is 185 Å². The molecule has 3 rings (SSSR count). The minimum Gasteiger partial charge on any atom is -0.371 e. The van der Waals surface area contributed by atoms with Crippen molar-refractivity contribution >= 4 is 50.9 Å². The molecule has 0 bridgehead atoms. The molecule has 0 spiro atoms. The number of aromatic amines is 1. The van der Waals surface area contributed by atoms with Gasteiger partial charge in [-0.2, -0.15) is 0 Å². The van der Waals surface area contributed by atoms with Crippen LogP contribution in [0.5, 0.6) is 0 Å². The zero-order valence-corrected chi connectivity index (χ0v) is 18.6. The quantitative estimate of drug-likeness (QED) is 0.253. The molecular weight excluding hydrogens is 475 g/mol. The van der Waals surface area contributed by atoms with Crippen molar-refractivity contribution in [1.82, 2.24) is 9.97 Å². The number of unbranched alkanes of at least 4 members (excludes halogenated alkanes) is 1. The summed E-state index contributed by atoms with van der Waals surface area (Å²) in [6.07, 6.45) is 5.87. The standard InChI is InChI=1S/C23H25IN4O/c1-28(16-10-9-14-24)22-20(17-26-19-13-15-25-21(19)22)27-23(29)18-11-7-5-3-2-4-6-8-12-18/h2-8,11-13,15,17,25H,9-10,14,16H2,1H3,(H,27,29). The molecule has 0 aliphatic carbocycles. The zero-order chi connectivity index (χ0) is 20.5. The van der Waals surface area contributed by atoms with Gasteiger partial charge in [-0.25, -0.2) is 0 Å². The van der Waals surface area contributed by atoms with Crippen molar-refractivity contribution in [3.63, 3.8) is 0 Å². The van der Waals surface area contributed by atoms with Crippen molar-refractivity contribution in [2.75, 3.05) is 28.2 Å². The molecule has 29 heavy (non-hydrogen) atoms. The van der Waals surface area contributed by atoms with Crippen LogP contribution in [-0.4, -0.2) is 33.9 Å². The first kappa shape index (κ1) is 21.1. The summed E-state index contributed by atoms with van der Waals surface area (Å²) < 4.78 is 1.14. The van der Waals surface area contributed by atoms with Gasteiger partial charge in [-0.3, -0.25) is 9.78 Å². The predicted molar refractivity (Wildman–Crippen MR) is 130 cm³/mol. The lowest BCUT2D eigenvalue weighted by molar-refractivity contribution is 0.102. The van der Waals surface area contributed by atoms with Crippen LogP contribution < -0.4 is 10.2 Å². The van der Waals surface area contributed by atoms with Gasteiger partial charge in [-0.1, -0.05) is 65.1 Å². The van der Waals surface area contributed by atoms with Crippen LogP contribution in [0.3, 0.4) is 0 Å². The maximum absolute atomic E-state index is 13.0. The highest BCUT2D eigenvalue weighted by atomic mass is 127. The molecule has 2 aromatic heterocycles. The number of hydrogen-bond acceptors (Lipinski definition) is 3. The van der Waals surface area contributed by atoms with E-state index < -0.39 is 0 Å². The number of nitrogens with zero attached hydrogens (tertiary/aromatic N) is 2. The molecule has 0 atom stereocenters. The molecule has 5 nitrogen and oxygen atoms in total. The number of hydrogen-bond donors (Lipinski definition) is 2. The number of carbonyl (C=O) groups is 1. The largest absolute Gasteiger partial charge is 0.371 e. The van der Waals surface area contributed by atoms with Gasteiger partial charge >= 0.3 is 0 Å². The van der Waals surface area contributed by atoms with E-state index in [1.165, 1.54) is 0 Å². The molecule has 0 saturated carbocycles. The van der Waals surface area contributed by atoms with E-state index in [-0.39, 0.29) is 5.91 Å². The van der Waals surface area contributed by atoms with Gasteiger partial charge in [-0.15, -0.1) is 0 Å². The van der Waals surface area contributed by atoms with Crippen LogP contribution in [0.25, 0.3) is 11.0 Å². The van der Waals surface area contributed by atoms with Crippen LogP contribution in [0.1, 0.15) is 23.2 Å². The van der Waals surface area contributed by atoms with Crippen molar-refractivity contribution in [1.29, 1.82) is 0 Å². The van der Waals surface area contributed by atoms with Gasteiger partial charge < -0.3 is 15.2 Å². The second-order valence-corrected chi connectivity index (χ2v) is 7.74. The fraction of sp³-hybridized carbons (Fsp3) is 0.217. The van der Waals surface area contributed by atoms with Crippen LogP contribution in [0.4, 0.5) is 11.4 Å². The normalized spacial score (nSPS) is 10.4. The third kappa shape index (κ3) is 5.69. The Bertz CT molecular complexity index is 991. The third-order valence-corrected chi connectivity index (χ3v) is 5.30. The fourth-order valence-corrected chi connectivity index (χ4v) is 3.61. The summed E-state index contributed by atoms with van der Waals surface area (Å²) in [7, 11) is 2.06. The smallest absolute Gasteiger partial charge is 0.255 e. The number of nitrogens with one attached hydrogen (secondary N) is 2. The molecule has 1 aromatic carbocycles. The van der Waals surface area contributed by atoms with Crippen molar-refractivity contribution in [2.24, 2.45) is 0 Å². The van der Waals surface area contributed by atoms with Crippen LogP contribution in [0.15, 0.2) is 73.1 Å². The monoisotopic (exact) mass is 500 g/mol. The second kappa shape index (κ2) is 10.8. The molecule has 2 heterocycles. The maximum Gasteiger partial charge on any atom is 0.255 e. The summed E-state index contributed by atoms with van der Waals surface area (Å²) in [6, 6.07) is 18.9. The number of alkyl halides is 1. The minimum atomic E-state index is -0.168. The second-order valence-electron chi connectivity index (χ2n) is 6.67. The van der Waals surface area contributed by atoms with Crippen molar-refractivity contribution in [3.8, 4) is 0 Å². The number of amides is 1. The van der Waals surface area contributed by atoms with E-state index in [0.717, 1.165) is 40.5 Å². The average Bonchev–Trinajstić information content (AvgIpc) is 3.20. The van der Waals surface area contributed by atoms with E-state index in [1.807, 2.05) is 54.7 Å². The lowest BCUT2D eigenvalue weighted by atomic mass is 10.2. The molecule has 0 saturated heterocycles. The molecule has 150 valence electrons. The van der Waals surface area contributed by atoms with Crippen LogP contribution in [0, 0.1) is 0 Å². The van der Waals surface area contributed by atoms with Crippen LogP contribution in [0.2, 0.25) is 0 Å². The molecule has 0 unspecified atom stereocenters. The Hall–Kier alpha value is -2.61. The highest BCUT2D eigenvalue weighted by Gasteiger charge is 2.16. The summed E-state index contributed by atoms with van der Waals surface area (Å²) in [6.45, 7) is 0.909. The molecule has 6 heteroatoms. The number of fused-ring (bicyclic) bond motifs is 1. The highest BCUT2D eigenvalue weighted by Crippen LogP contribution is 2.32. The number of carbonyl (C=O) groups excluding carboxylic acids is 1. The Morgan fingerprint density at radius 2 is 1.76 bits per heavy atom. The van der Waals surface area contributed by atoms with Crippen molar-refractivity contribution in [2.45, 2.75) is 12.8 Å². The SMILES string of the molecule is CN(CCCCI)c1c(NC(=O)c2ccccccccc2)cnc2cc[nH]c12.